The predicted octanol–water partition coefficient (Wildman–Crippen LogP) is 3.20. The molecule has 0 saturated heterocycles. The van der Waals surface area contributed by atoms with Crippen LogP contribution in [-0.4, -0.2) is 40.1 Å². The predicted molar refractivity (Wildman–Crippen MR) is 109 cm³/mol. The highest BCUT2D eigenvalue weighted by atomic mass is 32.2. The number of carbonyl (C=O) groups is 2. The van der Waals surface area contributed by atoms with E-state index < -0.39 is 46.3 Å². The average Bonchev–Trinajstić information content (AvgIpc) is 2.70. The lowest BCUT2D eigenvalue weighted by Gasteiger charge is -2.14. The Morgan fingerprint density at radius 2 is 1.78 bits per heavy atom. The fourth-order valence-corrected chi connectivity index (χ4v) is 4.02. The van der Waals surface area contributed by atoms with Crippen molar-refractivity contribution >= 4 is 27.6 Å². The summed E-state index contributed by atoms with van der Waals surface area (Å²) < 4.78 is 75.4. The highest BCUT2D eigenvalue weighted by Crippen LogP contribution is 2.30. The summed E-state index contributed by atoms with van der Waals surface area (Å²) in [6.45, 7) is 2.43. The third-order valence-electron chi connectivity index (χ3n) is 3.89. The number of rotatable bonds is 8. The molecule has 0 bridgehead atoms. The first-order chi connectivity index (χ1) is 14.8. The molecule has 2 aromatic carbocycles. The molecule has 32 heavy (non-hydrogen) atoms. The van der Waals surface area contributed by atoms with Crippen LogP contribution in [0, 0.1) is 0 Å². The van der Waals surface area contributed by atoms with E-state index in [0.29, 0.717) is 0 Å². The van der Waals surface area contributed by atoms with E-state index in [-0.39, 0.29) is 21.9 Å². The number of ether oxygens (including phenoxy) is 2. The van der Waals surface area contributed by atoms with E-state index in [4.69, 9.17) is 9.47 Å². The molecule has 0 aromatic heterocycles. The fraction of sp³-hybridized carbons (Fsp3) is 0.300. The first-order valence-electron chi connectivity index (χ1n) is 9.18. The lowest BCUT2D eigenvalue weighted by Crippen LogP contribution is -2.30. The maximum absolute atomic E-state index is 12.7. The van der Waals surface area contributed by atoms with Gasteiger partial charge in [-0.15, -0.1) is 0 Å². The van der Waals surface area contributed by atoms with Gasteiger partial charge in [0.2, 0.25) is 10.0 Å². The zero-order valence-corrected chi connectivity index (χ0v) is 18.1. The van der Waals surface area contributed by atoms with E-state index in [1.165, 1.54) is 25.3 Å². The number of methoxy groups -OCH3 is 1. The van der Waals surface area contributed by atoms with Crippen molar-refractivity contribution in [2.45, 2.75) is 31.0 Å². The number of sulfonamides is 1. The molecule has 2 aromatic rings. The molecule has 0 aliphatic heterocycles. The number of nitrogens with one attached hydrogen (secondary N) is 2. The van der Waals surface area contributed by atoms with Crippen LogP contribution >= 0.6 is 0 Å². The molecule has 0 unspecified atom stereocenters. The average molecular weight is 474 g/mol. The van der Waals surface area contributed by atoms with Gasteiger partial charge in [0, 0.05) is 11.7 Å². The number of alkyl halides is 3. The molecule has 0 saturated carbocycles. The Balaban J connectivity index is 2.10. The maximum atomic E-state index is 12.7. The summed E-state index contributed by atoms with van der Waals surface area (Å²) in [5.74, 6) is -1.88. The molecule has 0 spiro atoms. The number of hydrogen-bond donors (Lipinski definition) is 2. The molecule has 0 fully saturated rings. The standard InChI is InChI=1S/C20H21F3N2O6S/c1-12(2)25-32(28,29)17-9-13(7-8-16(17)30-3)19(27)31-11-18(26)24-15-6-4-5-14(10-15)20(21,22)23/h4-10,12,25H,11H2,1-3H3,(H,24,26). The largest absolute Gasteiger partial charge is 0.495 e. The van der Waals surface area contributed by atoms with Crippen LogP contribution in [0.4, 0.5) is 18.9 Å². The third kappa shape index (κ3) is 6.69. The molecule has 12 heteroatoms. The number of benzene rings is 2. The van der Waals surface area contributed by atoms with Gasteiger partial charge in [-0.1, -0.05) is 6.07 Å². The van der Waals surface area contributed by atoms with Gasteiger partial charge in [0.1, 0.15) is 10.6 Å². The van der Waals surface area contributed by atoms with Crippen molar-refractivity contribution < 1.29 is 40.7 Å². The Hall–Kier alpha value is -3.12. The van der Waals surface area contributed by atoms with Crippen molar-refractivity contribution in [3.8, 4) is 5.75 Å². The smallest absolute Gasteiger partial charge is 0.416 e. The first-order valence-corrected chi connectivity index (χ1v) is 10.7. The van der Waals surface area contributed by atoms with Crippen LogP contribution in [0.5, 0.6) is 5.75 Å². The van der Waals surface area contributed by atoms with Crippen molar-refractivity contribution in [3.63, 3.8) is 0 Å². The molecule has 0 atom stereocenters. The number of hydrogen-bond acceptors (Lipinski definition) is 6. The van der Waals surface area contributed by atoms with Crippen molar-refractivity contribution in [1.29, 1.82) is 0 Å². The maximum Gasteiger partial charge on any atom is 0.416 e. The van der Waals surface area contributed by atoms with Gasteiger partial charge in [0.05, 0.1) is 18.2 Å². The van der Waals surface area contributed by atoms with E-state index in [1.54, 1.807) is 13.8 Å². The molecule has 0 radical (unpaired) electrons. The molecular weight excluding hydrogens is 453 g/mol. The second-order valence-corrected chi connectivity index (χ2v) is 8.53. The summed E-state index contributed by atoms with van der Waals surface area (Å²) in [6, 6.07) is 7.08. The topological polar surface area (TPSA) is 111 Å². The summed E-state index contributed by atoms with van der Waals surface area (Å²) in [6.07, 6.45) is -4.58. The minimum absolute atomic E-state index is 0.00279. The summed E-state index contributed by atoms with van der Waals surface area (Å²) in [5.41, 5.74) is -1.24. The van der Waals surface area contributed by atoms with Crippen LogP contribution in [0.3, 0.4) is 0 Å². The van der Waals surface area contributed by atoms with Crippen LogP contribution in [0.1, 0.15) is 29.8 Å². The Morgan fingerprint density at radius 3 is 2.38 bits per heavy atom. The van der Waals surface area contributed by atoms with Gasteiger partial charge in [0.15, 0.2) is 6.61 Å². The second-order valence-electron chi connectivity index (χ2n) is 6.84. The van der Waals surface area contributed by atoms with Crippen molar-refractivity contribution in [1.82, 2.24) is 4.72 Å². The lowest BCUT2D eigenvalue weighted by atomic mass is 10.2. The van der Waals surface area contributed by atoms with Gasteiger partial charge < -0.3 is 14.8 Å². The minimum atomic E-state index is -4.58. The fourth-order valence-electron chi connectivity index (χ4n) is 2.57. The molecule has 2 N–H and O–H groups in total. The Kier molecular flexibility index (Phi) is 7.86. The van der Waals surface area contributed by atoms with Gasteiger partial charge >= 0.3 is 12.1 Å². The monoisotopic (exact) mass is 474 g/mol. The normalized spacial score (nSPS) is 11.8. The first kappa shape index (κ1) is 25.1. The summed E-state index contributed by atoms with van der Waals surface area (Å²) >= 11 is 0. The molecule has 174 valence electrons. The van der Waals surface area contributed by atoms with Gasteiger partial charge in [0.25, 0.3) is 5.91 Å². The zero-order valence-electron chi connectivity index (χ0n) is 17.3. The van der Waals surface area contributed by atoms with Crippen LogP contribution in [0.2, 0.25) is 0 Å². The van der Waals surface area contributed by atoms with Crippen LogP contribution < -0.4 is 14.8 Å². The second kappa shape index (κ2) is 10.0. The third-order valence-corrected chi connectivity index (χ3v) is 5.57. The van der Waals surface area contributed by atoms with E-state index in [1.807, 2.05) is 0 Å². The van der Waals surface area contributed by atoms with Gasteiger partial charge in [-0.25, -0.2) is 17.9 Å². The minimum Gasteiger partial charge on any atom is -0.495 e. The van der Waals surface area contributed by atoms with Crippen molar-refractivity contribution in [2.24, 2.45) is 0 Å². The number of esters is 1. The van der Waals surface area contributed by atoms with E-state index in [0.717, 1.165) is 24.3 Å². The number of carbonyl (C=O) groups excluding carboxylic acids is 2. The summed E-state index contributed by atoms with van der Waals surface area (Å²) in [7, 11) is -2.74. The number of amides is 1. The molecule has 1 amide bonds. The van der Waals surface area contributed by atoms with Gasteiger partial charge in [-0.3, -0.25) is 4.79 Å². The van der Waals surface area contributed by atoms with Crippen LogP contribution in [0.25, 0.3) is 0 Å². The Morgan fingerprint density at radius 1 is 1.09 bits per heavy atom. The molecule has 0 aliphatic carbocycles. The SMILES string of the molecule is COc1ccc(C(=O)OCC(=O)Nc2cccc(C(F)(F)F)c2)cc1S(=O)(=O)NC(C)C. The Bertz CT molecular complexity index is 1100. The summed E-state index contributed by atoms with van der Waals surface area (Å²) in [4.78, 5) is 23.9. The van der Waals surface area contributed by atoms with E-state index in [2.05, 4.69) is 10.0 Å². The molecule has 0 heterocycles. The van der Waals surface area contributed by atoms with Crippen LogP contribution in [0.15, 0.2) is 47.4 Å². The zero-order chi connectivity index (χ0) is 24.1. The van der Waals surface area contributed by atoms with Gasteiger partial charge in [-0.05, 0) is 50.2 Å². The highest BCUT2D eigenvalue weighted by Gasteiger charge is 2.30. The Labute approximate surface area is 182 Å². The molecule has 2 rings (SSSR count). The van der Waals surface area contributed by atoms with Crippen molar-refractivity contribution in [3.05, 3.63) is 53.6 Å². The lowest BCUT2D eigenvalue weighted by molar-refractivity contribution is -0.137. The molecule has 0 aliphatic rings. The van der Waals surface area contributed by atoms with Crippen LogP contribution in [-0.2, 0) is 25.7 Å². The molecule has 8 nitrogen and oxygen atoms in total. The number of anilines is 1. The summed E-state index contributed by atoms with van der Waals surface area (Å²) in [5, 5.41) is 2.19. The van der Waals surface area contributed by atoms with Crippen molar-refractivity contribution in [2.75, 3.05) is 19.0 Å². The number of halogens is 3. The van der Waals surface area contributed by atoms with E-state index in [9.17, 15) is 31.2 Å². The van der Waals surface area contributed by atoms with E-state index >= 15 is 0 Å². The molecular formula is C20H21F3N2O6S. The highest BCUT2D eigenvalue weighted by molar-refractivity contribution is 7.89. The van der Waals surface area contributed by atoms with Gasteiger partial charge in [-0.2, -0.15) is 13.2 Å². The quantitative estimate of drug-likeness (QED) is 0.569.